The van der Waals surface area contributed by atoms with Crippen LogP contribution in [-0.4, -0.2) is 5.84 Å². The average Bonchev–Trinajstić information content (AvgIpc) is 2.37. The largest absolute Gasteiger partial charge is 0.456 e. The maximum Gasteiger partial charge on any atom is 0.139 e. The lowest BCUT2D eigenvalue weighted by Crippen LogP contribution is -2.15. The molecule has 3 nitrogen and oxygen atoms in total. The van der Waals surface area contributed by atoms with Crippen molar-refractivity contribution in [2.45, 2.75) is 26.2 Å². The Hall–Kier alpha value is -2.00. The van der Waals surface area contributed by atoms with Crippen LogP contribution < -0.4 is 10.5 Å². The van der Waals surface area contributed by atoms with E-state index in [2.05, 4.69) is 20.8 Å². The van der Waals surface area contributed by atoms with Crippen molar-refractivity contribution in [1.29, 1.82) is 5.41 Å². The van der Waals surface area contributed by atoms with Gasteiger partial charge in [0.25, 0.3) is 0 Å². The molecule has 0 saturated carbocycles. The topological polar surface area (TPSA) is 59.1 Å². The number of hydrogen-bond donors (Lipinski definition) is 2. The first-order chi connectivity index (χ1) is 9.80. The molecule has 0 unspecified atom stereocenters. The number of nitrogens with two attached hydrogens (primary N) is 1. The molecule has 0 bridgehead atoms. The van der Waals surface area contributed by atoms with Gasteiger partial charge in [0.05, 0.1) is 10.6 Å². The van der Waals surface area contributed by atoms with Crippen LogP contribution in [0.1, 0.15) is 31.9 Å². The SMILES string of the molecule is CC(C)(C)c1ccccc1Oc1cccc(Cl)c1C(=N)N. The lowest BCUT2D eigenvalue weighted by atomic mass is 9.86. The summed E-state index contributed by atoms with van der Waals surface area (Å²) in [5.41, 5.74) is 7.06. The Morgan fingerprint density at radius 1 is 1.05 bits per heavy atom. The molecule has 3 N–H and O–H groups in total. The number of amidine groups is 1. The van der Waals surface area contributed by atoms with Gasteiger partial charge in [-0.15, -0.1) is 0 Å². The lowest BCUT2D eigenvalue weighted by Gasteiger charge is -2.23. The summed E-state index contributed by atoms with van der Waals surface area (Å²) in [6.45, 7) is 6.37. The Morgan fingerprint density at radius 2 is 1.67 bits per heavy atom. The number of rotatable bonds is 3. The van der Waals surface area contributed by atoms with Gasteiger partial charge in [0.2, 0.25) is 0 Å². The van der Waals surface area contributed by atoms with Crippen LogP contribution in [0.5, 0.6) is 11.5 Å². The lowest BCUT2D eigenvalue weighted by molar-refractivity contribution is 0.454. The monoisotopic (exact) mass is 302 g/mol. The highest BCUT2D eigenvalue weighted by atomic mass is 35.5. The van der Waals surface area contributed by atoms with E-state index < -0.39 is 0 Å². The minimum atomic E-state index is -0.108. The summed E-state index contributed by atoms with van der Waals surface area (Å²) < 4.78 is 6.00. The molecule has 0 spiro atoms. The molecule has 0 aliphatic rings. The van der Waals surface area contributed by atoms with Gasteiger partial charge in [-0.25, -0.2) is 0 Å². The van der Waals surface area contributed by atoms with Crippen LogP contribution in [0.25, 0.3) is 0 Å². The Kier molecular flexibility index (Phi) is 4.24. The number of ether oxygens (including phenoxy) is 1. The summed E-state index contributed by atoms with van der Waals surface area (Å²) in [4.78, 5) is 0. The van der Waals surface area contributed by atoms with Crippen molar-refractivity contribution in [2.75, 3.05) is 0 Å². The van der Waals surface area contributed by atoms with Crippen LogP contribution in [0, 0.1) is 5.41 Å². The molecule has 110 valence electrons. The predicted octanol–water partition coefficient (Wildman–Crippen LogP) is 4.71. The van der Waals surface area contributed by atoms with E-state index in [0.717, 1.165) is 11.3 Å². The van der Waals surface area contributed by atoms with E-state index in [9.17, 15) is 0 Å². The van der Waals surface area contributed by atoms with Crippen LogP contribution in [0.4, 0.5) is 0 Å². The highest BCUT2D eigenvalue weighted by Gasteiger charge is 2.20. The summed E-state index contributed by atoms with van der Waals surface area (Å²) in [7, 11) is 0. The molecule has 0 saturated heterocycles. The van der Waals surface area contributed by atoms with Gasteiger partial charge >= 0.3 is 0 Å². The van der Waals surface area contributed by atoms with Gasteiger partial charge in [-0.05, 0) is 23.6 Å². The van der Waals surface area contributed by atoms with E-state index in [1.165, 1.54) is 0 Å². The fraction of sp³-hybridized carbons (Fsp3) is 0.235. The van der Waals surface area contributed by atoms with Crippen molar-refractivity contribution in [2.24, 2.45) is 5.73 Å². The minimum Gasteiger partial charge on any atom is -0.456 e. The summed E-state index contributed by atoms with van der Waals surface area (Å²) in [6, 6.07) is 13.1. The Morgan fingerprint density at radius 3 is 2.29 bits per heavy atom. The third-order valence-electron chi connectivity index (χ3n) is 3.16. The average molecular weight is 303 g/mol. The predicted molar refractivity (Wildman–Crippen MR) is 87.7 cm³/mol. The van der Waals surface area contributed by atoms with Gasteiger partial charge in [0.15, 0.2) is 0 Å². The number of nitrogen functional groups attached to an aromatic ring is 1. The van der Waals surface area contributed by atoms with Gasteiger partial charge in [0.1, 0.15) is 17.3 Å². The molecule has 2 aromatic rings. The zero-order valence-electron chi connectivity index (χ0n) is 12.4. The zero-order valence-corrected chi connectivity index (χ0v) is 13.2. The number of para-hydroxylation sites is 1. The third-order valence-corrected chi connectivity index (χ3v) is 3.47. The molecule has 2 rings (SSSR count). The first-order valence-electron chi connectivity index (χ1n) is 6.71. The molecule has 0 atom stereocenters. The van der Waals surface area contributed by atoms with E-state index in [1.54, 1.807) is 18.2 Å². The van der Waals surface area contributed by atoms with Gasteiger partial charge in [-0.3, -0.25) is 5.41 Å². The zero-order chi connectivity index (χ0) is 15.6. The first kappa shape index (κ1) is 15.4. The van der Waals surface area contributed by atoms with Crippen LogP contribution in [0.3, 0.4) is 0 Å². The molecule has 2 aromatic carbocycles. The van der Waals surface area contributed by atoms with Crippen LogP contribution in [0.2, 0.25) is 5.02 Å². The summed E-state index contributed by atoms with van der Waals surface area (Å²) in [5, 5.41) is 8.08. The van der Waals surface area contributed by atoms with Crippen molar-refractivity contribution in [3.63, 3.8) is 0 Å². The summed E-state index contributed by atoms with van der Waals surface area (Å²) in [6.07, 6.45) is 0. The molecule has 4 heteroatoms. The highest BCUT2D eigenvalue weighted by molar-refractivity contribution is 6.34. The van der Waals surface area contributed by atoms with E-state index in [1.807, 2.05) is 24.3 Å². The second-order valence-corrected chi connectivity index (χ2v) is 6.28. The molecule has 0 aliphatic carbocycles. The van der Waals surface area contributed by atoms with Gasteiger partial charge in [0, 0.05) is 5.56 Å². The highest BCUT2D eigenvalue weighted by Crippen LogP contribution is 2.36. The standard InChI is InChI=1S/C17H19ClN2O/c1-17(2,3)11-7-4-5-9-13(11)21-14-10-6-8-12(18)15(14)16(19)20/h4-10H,1-3H3,(H3,19,20). The van der Waals surface area contributed by atoms with E-state index in [0.29, 0.717) is 16.3 Å². The van der Waals surface area contributed by atoms with E-state index in [-0.39, 0.29) is 11.3 Å². The van der Waals surface area contributed by atoms with Gasteiger partial charge < -0.3 is 10.5 Å². The van der Waals surface area contributed by atoms with Crippen molar-refractivity contribution in [3.05, 3.63) is 58.6 Å². The minimum absolute atomic E-state index is 0.0500. The van der Waals surface area contributed by atoms with Gasteiger partial charge in [-0.2, -0.15) is 0 Å². The quantitative estimate of drug-likeness (QED) is 0.637. The maximum atomic E-state index is 7.67. The number of benzene rings is 2. The van der Waals surface area contributed by atoms with Crippen molar-refractivity contribution in [1.82, 2.24) is 0 Å². The van der Waals surface area contributed by atoms with Crippen molar-refractivity contribution in [3.8, 4) is 11.5 Å². The van der Waals surface area contributed by atoms with E-state index in [4.69, 9.17) is 27.5 Å². The Bertz CT molecular complexity index is 675. The fourth-order valence-corrected chi connectivity index (χ4v) is 2.41. The normalized spacial score (nSPS) is 11.2. The summed E-state index contributed by atoms with van der Waals surface area (Å²) in [5.74, 6) is 1.13. The smallest absolute Gasteiger partial charge is 0.139 e. The summed E-state index contributed by atoms with van der Waals surface area (Å²) >= 11 is 6.12. The van der Waals surface area contributed by atoms with Crippen LogP contribution in [-0.2, 0) is 5.41 Å². The molecule has 0 heterocycles. The molecule has 0 amide bonds. The second-order valence-electron chi connectivity index (χ2n) is 5.87. The Balaban J connectivity index is 2.50. The molecular weight excluding hydrogens is 284 g/mol. The molecule has 0 aliphatic heterocycles. The molecule has 0 radical (unpaired) electrons. The van der Waals surface area contributed by atoms with Gasteiger partial charge in [-0.1, -0.05) is 56.6 Å². The molecule has 21 heavy (non-hydrogen) atoms. The van der Waals surface area contributed by atoms with Crippen LogP contribution in [0.15, 0.2) is 42.5 Å². The maximum absolute atomic E-state index is 7.67. The fourth-order valence-electron chi connectivity index (χ4n) is 2.14. The van der Waals surface area contributed by atoms with E-state index >= 15 is 0 Å². The van der Waals surface area contributed by atoms with Crippen molar-refractivity contribution >= 4 is 17.4 Å². The number of hydrogen-bond acceptors (Lipinski definition) is 2. The molecular formula is C17H19ClN2O. The number of halogens is 1. The van der Waals surface area contributed by atoms with Crippen molar-refractivity contribution < 1.29 is 4.74 Å². The number of nitrogens with one attached hydrogen (secondary N) is 1. The molecule has 0 aromatic heterocycles. The van der Waals surface area contributed by atoms with Crippen LogP contribution >= 0.6 is 11.6 Å². The Labute approximate surface area is 130 Å². The first-order valence-corrected chi connectivity index (χ1v) is 7.09. The third kappa shape index (κ3) is 3.37. The molecule has 0 fully saturated rings. The second kappa shape index (κ2) is 5.78.